The molecule has 0 atom stereocenters. The predicted octanol–water partition coefficient (Wildman–Crippen LogP) is 3.23. The van der Waals surface area contributed by atoms with Crippen LogP contribution in [0.3, 0.4) is 0 Å². The number of nitrogens with one attached hydrogen (secondary N) is 2. The fraction of sp³-hybridized carbons (Fsp3) is 0.286. The van der Waals surface area contributed by atoms with Crippen LogP contribution in [-0.2, 0) is 11.3 Å². The fourth-order valence-electron chi connectivity index (χ4n) is 3.03. The number of hydrogen-bond donors (Lipinski definition) is 2. The van der Waals surface area contributed by atoms with Crippen LogP contribution < -0.4 is 10.6 Å². The summed E-state index contributed by atoms with van der Waals surface area (Å²) in [5, 5.41) is 8.34. The summed E-state index contributed by atoms with van der Waals surface area (Å²) in [6.45, 7) is 3.27. The van der Waals surface area contributed by atoms with E-state index in [4.69, 9.17) is 4.74 Å². The van der Waals surface area contributed by atoms with Gasteiger partial charge in [0.2, 0.25) is 0 Å². The van der Waals surface area contributed by atoms with Crippen LogP contribution in [0, 0.1) is 0 Å². The maximum absolute atomic E-state index is 12.7. The maximum atomic E-state index is 12.7. The van der Waals surface area contributed by atoms with Crippen LogP contribution in [0.25, 0.3) is 0 Å². The second-order valence-corrected chi connectivity index (χ2v) is 6.48. The highest BCUT2D eigenvalue weighted by molar-refractivity contribution is 5.94. The van der Waals surface area contributed by atoms with E-state index in [1.807, 2.05) is 30.3 Å². The monoisotopic (exact) mass is 396 g/mol. The Morgan fingerprint density at radius 3 is 2.41 bits per heavy atom. The molecule has 1 saturated heterocycles. The Balaban J connectivity index is 1.60. The zero-order valence-electron chi connectivity index (χ0n) is 16.3. The molecule has 2 aromatic carbocycles. The Bertz CT molecular complexity index is 872. The summed E-state index contributed by atoms with van der Waals surface area (Å²) in [7, 11) is 0. The zero-order valence-corrected chi connectivity index (χ0v) is 16.3. The number of nitrogens with zero attached hydrogens (tertiary/aromatic N) is 2. The van der Waals surface area contributed by atoms with Gasteiger partial charge >= 0.3 is 18.0 Å². The van der Waals surface area contributed by atoms with Crippen LogP contribution in [0.5, 0.6) is 0 Å². The molecule has 0 radical (unpaired) electrons. The van der Waals surface area contributed by atoms with E-state index in [0.717, 1.165) is 5.56 Å². The van der Waals surface area contributed by atoms with Gasteiger partial charge < -0.3 is 15.4 Å². The summed E-state index contributed by atoms with van der Waals surface area (Å²) in [6.07, 6.45) is 0.690. The normalized spacial score (nSPS) is 13.1. The molecule has 1 heterocycles. The summed E-state index contributed by atoms with van der Waals surface area (Å²) < 4.78 is 4.98. The fourth-order valence-corrected chi connectivity index (χ4v) is 3.03. The van der Waals surface area contributed by atoms with Crippen molar-refractivity contribution in [2.75, 3.05) is 25.0 Å². The van der Waals surface area contributed by atoms with E-state index in [1.54, 1.807) is 31.2 Å². The highest BCUT2D eigenvalue weighted by Crippen LogP contribution is 2.16. The van der Waals surface area contributed by atoms with Gasteiger partial charge in [-0.1, -0.05) is 36.4 Å². The molecule has 0 spiro atoms. The second kappa shape index (κ2) is 9.59. The van der Waals surface area contributed by atoms with Crippen molar-refractivity contribution in [2.24, 2.45) is 0 Å². The van der Waals surface area contributed by atoms with E-state index < -0.39 is 12.0 Å². The number of amides is 4. The van der Waals surface area contributed by atoms with E-state index >= 15 is 0 Å². The Morgan fingerprint density at radius 2 is 1.69 bits per heavy atom. The molecule has 8 nitrogen and oxygen atoms in total. The molecule has 0 bridgehead atoms. The molecule has 1 aliphatic rings. The topological polar surface area (TPSA) is 91.0 Å². The lowest BCUT2D eigenvalue weighted by atomic mass is 10.2. The molecule has 29 heavy (non-hydrogen) atoms. The van der Waals surface area contributed by atoms with Gasteiger partial charge in [0, 0.05) is 25.3 Å². The highest BCUT2D eigenvalue weighted by Gasteiger charge is 2.30. The number of benzene rings is 2. The number of carbonyl (C=O) groups is 3. The van der Waals surface area contributed by atoms with Crippen molar-refractivity contribution in [2.45, 2.75) is 19.9 Å². The summed E-state index contributed by atoms with van der Waals surface area (Å²) >= 11 is 0. The molecule has 4 amide bonds. The lowest BCUT2D eigenvalue weighted by Crippen LogP contribution is -2.50. The van der Waals surface area contributed by atoms with E-state index in [9.17, 15) is 14.4 Å². The lowest BCUT2D eigenvalue weighted by molar-refractivity contribution is 0.0526. The van der Waals surface area contributed by atoms with Gasteiger partial charge in [0.25, 0.3) is 0 Å². The van der Waals surface area contributed by atoms with Crippen molar-refractivity contribution in [1.29, 1.82) is 0 Å². The van der Waals surface area contributed by atoms with Gasteiger partial charge in [0.15, 0.2) is 0 Å². The van der Waals surface area contributed by atoms with Gasteiger partial charge in [0.05, 0.1) is 12.2 Å². The van der Waals surface area contributed by atoms with Crippen LogP contribution in [0.15, 0.2) is 54.6 Å². The van der Waals surface area contributed by atoms with E-state index in [-0.39, 0.29) is 12.6 Å². The number of rotatable bonds is 5. The molecular weight excluding hydrogens is 372 g/mol. The van der Waals surface area contributed by atoms with E-state index in [0.29, 0.717) is 37.3 Å². The van der Waals surface area contributed by atoms with Crippen molar-refractivity contribution >= 4 is 23.7 Å². The quantitative estimate of drug-likeness (QED) is 0.759. The molecule has 2 N–H and O–H groups in total. The first-order chi connectivity index (χ1) is 14.1. The van der Waals surface area contributed by atoms with Gasteiger partial charge in [-0.3, -0.25) is 0 Å². The molecule has 0 aliphatic carbocycles. The van der Waals surface area contributed by atoms with Crippen LogP contribution >= 0.6 is 0 Å². The van der Waals surface area contributed by atoms with Crippen molar-refractivity contribution in [3.63, 3.8) is 0 Å². The largest absolute Gasteiger partial charge is 0.462 e. The van der Waals surface area contributed by atoms with Crippen molar-refractivity contribution in [3.8, 4) is 0 Å². The van der Waals surface area contributed by atoms with E-state index in [1.165, 1.54) is 10.0 Å². The maximum Gasteiger partial charge on any atom is 0.340 e. The number of urea groups is 2. The van der Waals surface area contributed by atoms with Gasteiger partial charge in [-0.2, -0.15) is 0 Å². The number of hydrazine groups is 1. The first-order valence-electron chi connectivity index (χ1n) is 9.53. The number of ether oxygens (including phenoxy) is 1. The first kappa shape index (κ1) is 20.2. The number of hydrogen-bond acceptors (Lipinski definition) is 4. The van der Waals surface area contributed by atoms with Gasteiger partial charge in [-0.25, -0.2) is 24.4 Å². The standard InChI is InChI=1S/C21H24N4O4/c1-2-29-19(26)17-10-6-11-18(14-17)23-21(28)25-13-7-12-24(25)20(27)22-15-16-8-4-3-5-9-16/h3-6,8-11,14H,2,7,12-13,15H2,1H3,(H,22,27)(H,23,28). The first-order valence-corrected chi connectivity index (χ1v) is 9.53. The van der Waals surface area contributed by atoms with Crippen LogP contribution in [0.4, 0.5) is 15.3 Å². The molecule has 0 aromatic heterocycles. The molecule has 0 saturated carbocycles. The van der Waals surface area contributed by atoms with Crippen LogP contribution in [-0.4, -0.2) is 47.7 Å². The highest BCUT2D eigenvalue weighted by atomic mass is 16.5. The average Bonchev–Trinajstić information content (AvgIpc) is 3.23. The predicted molar refractivity (Wildman–Crippen MR) is 108 cm³/mol. The smallest absolute Gasteiger partial charge is 0.340 e. The molecule has 152 valence electrons. The molecule has 0 unspecified atom stereocenters. The minimum Gasteiger partial charge on any atom is -0.462 e. The number of carbonyl (C=O) groups excluding carboxylic acids is 3. The van der Waals surface area contributed by atoms with Crippen molar-refractivity contribution < 1.29 is 19.1 Å². The second-order valence-electron chi connectivity index (χ2n) is 6.48. The third-order valence-electron chi connectivity index (χ3n) is 4.41. The van der Waals surface area contributed by atoms with Gasteiger partial charge in [-0.15, -0.1) is 0 Å². The average molecular weight is 396 g/mol. The van der Waals surface area contributed by atoms with Gasteiger partial charge in [-0.05, 0) is 37.1 Å². The Hall–Kier alpha value is -3.55. The summed E-state index contributed by atoms with van der Waals surface area (Å²) in [5.74, 6) is -0.452. The minimum absolute atomic E-state index is 0.274. The summed E-state index contributed by atoms with van der Waals surface area (Å²) in [5.41, 5.74) is 1.78. The molecule has 3 rings (SSSR count). The number of esters is 1. The Labute approximate surface area is 169 Å². The Morgan fingerprint density at radius 1 is 0.966 bits per heavy atom. The molecule has 1 aliphatic heterocycles. The molecule has 1 fully saturated rings. The summed E-state index contributed by atoms with van der Waals surface area (Å²) in [4.78, 5) is 37.1. The van der Waals surface area contributed by atoms with Gasteiger partial charge in [0.1, 0.15) is 0 Å². The van der Waals surface area contributed by atoms with Crippen molar-refractivity contribution in [1.82, 2.24) is 15.3 Å². The van der Waals surface area contributed by atoms with Crippen LogP contribution in [0.2, 0.25) is 0 Å². The summed E-state index contributed by atoms with van der Waals surface area (Å²) in [6, 6.07) is 15.3. The van der Waals surface area contributed by atoms with Crippen LogP contribution in [0.1, 0.15) is 29.3 Å². The molecule has 8 heteroatoms. The zero-order chi connectivity index (χ0) is 20.6. The van der Waals surface area contributed by atoms with Crippen molar-refractivity contribution in [3.05, 3.63) is 65.7 Å². The molecule has 2 aromatic rings. The lowest BCUT2D eigenvalue weighted by Gasteiger charge is -2.28. The Kier molecular flexibility index (Phi) is 6.67. The number of anilines is 1. The van der Waals surface area contributed by atoms with E-state index in [2.05, 4.69) is 10.6 Å². The SMILES string of the molecule is CCOC(=O)c1cccc(NC(=O)N2CCCN2C(=O)NCc2ccccc2)c1. The third kappa shape index (κ3) is 5.25. The third-order valence-corrected chi connectivity index (χ3v) is 4.41. The molecular formula is C21H24N4O4. The minimum atomic E-state index is -0.452.